The zero-order valence-electron chi connectivity index (χ0n) is 24.2. The van der Waals surface area contributed by atoms with Crippen molar-refractivity contribution >= 4 is 23.9 Å². The third kappa shape index (κ3) is 23.0. The van der Waals surface area contributed by atoms with Crippen molar-refractivity contribution in [3.63, 3.8) is 0 Å². The molecule has 0 saturated heterocycles. The monoisotopic (exact) mass is 544 g/mol. The van der Waals surface area contributed by atoms with Gasteiger partial charge in [-0.05, 0) is 32.1 Å². The van der Waals surface area contributed by atoms with Gasteiger partial charge in [0.1, 0.15) is 18.8 Å². The molecule has 0 saturated carbocycles. The van der Waals surface area contributed by atoms with Gasteiger partial charge in [0.2, 0.25) is 0 Å². The zero-order chi connectivity index (χ0) is 28.6. The largest absolute Gasteiger partial charge is 0.463 e. The van der Waals surface area contributed by atoms with E-state index in [2.05, 4.69) is 6.92 Å². The summed E-state index contributed by atoms with van der Waals surface area (Å²) in [5, 5.41) is 9.33. The predicted octanol–water partition coefficient (Wildman–Crippen LogP) is 5.58. The van der Waals surface area contributed by atoms with Crippen LogP contribution in [-0.2, 0) is 38.1 Å². The van der Waals surface area contributed by atoms with Gasteiger partial charge in [-0.3, -0.25) is 19.2 Å². The van der Waals surface area contributed by atoms with Crippen LogP contribution in [0.5, 0.6) is 0 Å². The Balaban J connectivity index is 4.40. The average molecular weight is 545 g/mol. The molecule has 9 nitrogen and oxygen atoms in total. The van der Waals surface area contributed by atoms with Gasteiger partial charge >= 0.3 is 23.9 Å². The minimum atomic E-state index is -0.983. The maximum Gasteiger partial charge on any atom is 0.310 e. The molecule has 0 rings (SSSR count). The van der Waals surface area contributed by atoms with Gasteiger partial charge in [0.05, 0.1) is 13.0 Å². The van der Waals surface area contributed by atoms with E-state index in [0.717, 1.165) is 19.3 Å². The number of hydrogen-bond donors (Lipinski definition) is 1. The molecule has 0 aliphatic rings. The second kappa shape index (κ2) is 23.9. The van der Waals surface area contributed by atoms with Crippen LogP contribution in [0.15, 0.2) is 0 Å². The fourth-order valence-corrected chi connectivity index (χ4v) is 4.30. The topological polar surface area (TPSA) is 125 Å². The van der Waals surface area contributed by atoms with E-state index in [0.29, 0.717) is 19.3 Å². The lowest BCUT2D eigenvalue weighted by Crippen LogP contribution is -2.30. The van der Waals surface area contributed by atoms with Crippen LogP contribution in [0.4, 0.5) is 0 Å². The second-order valence-corrected chi connectivity index (χ2v) is 10.0. The fourth-order valence-electron chi connectivity index (χ4n) is 4.30. The van der Waals surface area contributed by atoms with Crippen LogP contribution in [0.3, 0.4) is 0 Å². The summed E-state index contributed by atoms with van der Waals surface area (Å²) in [5.41, 5.74) is 0. The highest BCUT2D eigenvalue weighted by Crippen LogP contribution is 2.19. The van der Waals surface area contributed by atoms with Gasteiger partial charge in [0, 0.05) is 20.8 Å². The maximum absolute atomic E-state index is 12.3. The summed E-state index contributed by atoms with van der Waals surface area (Å²) < 4.78 is 20.7. The first-order chi connectivity index (χ1) is 18.2. The summed E-state index contributed by atoms with van der Waals surface area (Å²) in [6.07, 6.45) is 14.1. The van der Waals surface area contributed by atoms with E-state index in [1.54, 1.807) is 0 Å². The van der Waals surface area contributed by atoms with E-state index in [1.807, 2.05) is 0 Å². The predicted molar refractivity (Wildman–Crippen MR) is 144 cm³/mol. The molecule has 3 unspecified atom stereocenters. The van der Waals surface area contributed by atoms with Crippen LogP contribution in [0.1, 0.15) is 130 Å². The first kappa shape index (κ1) is 35.8. The van der Waals surface area contributed by atoms with Crippen LogP contribution >= 0.6 is 0 Å². The summed E-state index contributed by atoms with van der Waals surface area (Å²) >= 11 is 0. The van der Waals surface area contributed by atoms with Crippen molar-refractivity contribution in [1.29, 1.82) is 0 Å². The molecule has 0 aliphatic heterocycles. The number of carbonyl (C=O) groups is 4. The van der Waals surface area contributed by atoms with Crippen molar-refractivity contribution in [1.82, 2.24) is 0 Å². The van der Waals surface area contributed by atoms with Crippen molar-refractivity contribution in [3.8, 4) is 0 Å². The minimum absolute atomic E-state index is 0.188. The van der Waals surface area contributed by atoms with Crippen molar-refractivity contribution in [2.75, 3.05) is 13.2 Å². The van der Waals surface area contributed by atoms with Crippen LogP contribution in [-0.4, -0.2) is 60.5 Å². The Morgan fingerprint density at radius 3 is 1.55 bits per heavy atom. The quantitative estimate of drug-likeness (QED) is 0.0941. The SMILES string of the molecule is CCCCCCCCCCCCCC(CCCC(CC(=O)OC(CO)COC(C)=O)OC(C)=O)OC(C)=O. The molecule has 0 aromatic rings. The summed E-state index contributed by atoms with van der Waals surface area (Å²) in [6.45, 7) is 5.37. The number of esters is 4. The molecule has 3 atom stereocenters. The van der Waals surface area contributed by atoms with Crippen molar-refractivity contribution in [2.24, 2.45) is 0 Å². The molecule has 222 valence electrons. The molecule has 0 aliphatic carbocycles. The molecule has 0 fully saturated rings. The van der Waals surface area contributed by atoms with Crippen LogP contribution in [0.25, 0.3) is 0 Å². The third-order valence-electron chi connectivity index (χ3n) is 6.22. The first-order valence-corrected chi connectivity index (χ1v) is 14.5. The lowest BCUT2D eigenvalue weighted by Gasteiger charge is -2.21. The Morgan fingerprint density at radius 2 is 1.05 bits per heavy atom. The molecule has 0 aromatic carbocycles. The molecular formula is C29H52O9. The second-order valence-electron chi connectivity index (χ2n) is 10.0. The number of unbranched alkanes of at least 4 members (excludes halogenated alkanes) is 10. The van der Waals surface area contributed by atoms with E-state index >= 15 is 0 Å². The lowest BCUT2D eigenvalue weighted by molar-refractivity contribution is -0.164. The summed E-state index contributed by atoms with van der Waals surface area (Å²) in [6, 6.07) is 0. The van der Waals surface area contributed by atoms with Crippen LogP contribution in [0, 0.1) is 0 Å². The van der Waals surface area contributed by atoms with Gasteiger partial charge < -0.3 is 24.1 Å². The highest BCUT2D eigenvalue weighted by molar-refractivity contribution is 5.71. The normalized spacial score (nSPS) is 13.3. The van der Waals surface area contributed by atoms with E-state index in [1.165, 1.54) is 78.6 Å². The molecule has 38 heavy (non-hydrogen) atoms. The van der Waals surface area contributed by atoms with Crippen molar-refractivity contribution < 1.29 is 43.2 Å². The van der Waals surface area contributed by atoms with Gasteiger partial charge in [-0.25, -0.2) is 0 Å². The van der Waals surface area contributed by atoms with Gasteiger partial charge in [-0.15, -0.1) is 0 Å². The number of carbonyl (C=O) groups excluding carboxylic acids is 4. The Labute approximate surface area is 229 Å². The molecule has 1 N–H and O–H groups in total. The zero-order valence-corrected chi connectivity index (χ0v) is 24.2. The Morgan fingerprint density at radius 1 is 0.579 bits per heavy atom. The van der Waals surface area contributed by atoms with Gasteiger partial charge in [0.25, 0.3) is 0 Å². The van der Waals surface area contributed by atoms with Crippen molar-refractivity contribution in [2.45, 2.75) is 149 Å². The number of rotatable bonds is 24. The molecular weight excluding hydrogens is 492 g/mol. The number of aliphatic hydroxyl groups is 1. The summed E-state index contributed by atoms with van der Waals surface area (Å²) in [5.74, 6) is -2.05. The average Bonchev–Trinajstić information content (AvgIpc) is 2.83. The molecule has 9 heteroatoms. The summed E-state index contributed by atoms with van der Waals surface area (Å²) in [7, 11) is 0. The fraction of sp³-hybridized carbons (Fsp3) is 0.862. The summed E-state index contributed by atoms with van der Waals surface area (Å²) in [4.78, 5) is 46.3. The molecule has 0 amide bonds. The van der Waals surface area contributed by atoms with Gasteiger partial charge in [-0.1, -0.05) is 71.1 Å². The minimum Gasteiger partial charge on any atom is -0.463 e. The van der Waals surface area contributed by atoms with Crippen LogP contribution < -0.4 is 0 Å². The molecule has 0 heterocycles. The molecule has 0 bridgehead atoms. The van der Waals surface area contributed by atoms with E-state index in [-0.39, 0.29) is 25.1 Å². The van der Waals surface area contributed by atoms with Crippen molar-refractivity contribution in [3.05, 3.63) is 0 Å². The highest BCUT2D eigenvalue weighted by atomic mass is 16.6. The standard InChI is InChI=1S/C29H52O9/c1-5-6-7-8-9-10-11-12-13-14-15-17-26(36-24(3)32)18-16-19-27(37-25(4)33)20-29(34)38-28(21-30)22-35-23(2)31/h26-28,30H,5-22H2,1-4H3. The van der Waals surface area contributed by atoms with E-state index in [9.17, 15) is 24.3 Å². The number of hydrogen-bond acceptors (Lipinski definition) is 9. The van der Waals surface area contributed by atoms with E-state index in [4.69, 9.17) is 18.9 Å². The number of ether oxygens (including phenoxy) is 4. The number of aliphatic hydroxyl groups excluding tert-OH is 1. The molecule has 0 radical (unpaired) electrons. The first-order valence-electron chi connectivity index (χ1n) is 14.5. The van der Waals surface area contributed by atoms with Crippen LogP contribution in [0.2, 0.25) is 0 Å². The third-order valence-corrected chi connectivity index (χ3v) is 6.22. The lowest BCUT2D eigenvalue weighted by atomic mass is 10.0. The highest BCUT2D eigenvalue weighted by Gasteiger charge is 2.22. The smallest absolute Gasteiger partial charge is 0.310 e. The van der Waals surface area contributed by atoms with Gasteiger partial charge in [0.15, 0.2) is 6.10 Å². The molecule has 0 aromatic heterocycles. The Kier molecular flexibility index (Phi) is 22.6. The van der Waals surface area contributed by atoms with Gasteiger partial charge in [-0.2, -0.15) is 0 Å². The maximum atomic E-state index is 12.3. The van der Waals surface area contributed by atoms with E-state index < -0.39 is 36.7 Å². The molecule has 0 spiro atoms. The Hall–Kier alpha value is -2.16. The Bertz CT molecular complexity index is 650.